The Hall–Kier alpha value is -2.98. The van der Waals surface area contributed by atoms with Crippen LogP contribution in [0.25, 0.3) is 5.69 Å². The van der Waals surface area contributed by atoms with Gasteiger partial charge in [0, 0.05) is 12.1 Å². The van der Waals surface area contributed by atoms with Crippen LogP contribution in [-0.4, -0.2) is 31.0 Å². The van der Waals surface area contributed by atoms with Gasteiger partial charge in [0.15, 0.2) is 5.69 Å². The third-order valence-corrected chi connectivity index (χ3v) is 2.46. The molecule has 0 atom stereocenters. The van der Waals surface area contributed by atoms with Crippen molar-refractivity contribution in [1.29, 1.82) is 0 Å². The third kappa shape index (κ3) is 2.80. The van der Waals surface area contributed by atoms with Crippen LogP contribution < -0.4 is 0 Å². The van der Waals surface area contributed by atoms with E-state index in [9.17, 15) is 28.1 Å². The van der Waals surface area contributed by atoms with Crippen LogP contribution in [0.15, 0.2) is 24.4 Å². The molecule has 21 heavy (non-hydrogen) atoms. The summed E-state index contributed by atoms with van der Waals surface area (Å²) in [6, 6.07) is 2.02. The zero-order chi connectivity index (χ0) is 15.8. The van der Waals surface area contributed by atoms with Crippen molar-refractivity contribution in [2.45, 2.75) is 6.18 Å². The van der Waals surface area contributed by atoms with E-state index >= 15 is 0 Å². The number of hydrogen-bond acceptors (Lipinski definition) is 5. The maximum atomic E-state index is 12.9. The van der Waals surface area contributed by atoms with Crippen molar-refractivity contribution in [2.75, 3.05) is 0 Å². The highest BCUT2D eigenvalue weighted by Gasteiger charge is 2.36. The zero-order valence-corrected chi connectivity index (χ0v) is 9.90. The summed E-state index contributed by atoms with van der Waals surface area (Å²) >= 11 is 0. The molecule has 0 saturated heterocycles. The minimum absolute atomic E-state index is 0.345. The minimum atomic E-state index is -4.88. The fourth-order valence-corrected chi connectivity index (χ4v) is 1.54. The van der Waals surface area contributed by atoms with Crippen LogP contribution in [-0.2, 0) is 6.18 Å². The lowest BCUT2D eigenvalue weighted by Crippen LogP contribution is -2.12. The number of nitro benzene ring substituents is 1. The Morgan fingerprint density at radius 1 is 1.38 bits per heavy atom. The van der Waals surface area contributed by atoms with E-state index in [0.717, 1.165) is 18.3 Å². The van der Waals surface area contributed by atoms with Crippen LogP contribution in [0.4, 0.5) is 18.9 Å². The van der Waals surface area contributed by atoms with Gasteiger partial charge in [-0.25, -0.2) is 9.48 Å². The molecule has 110 valence electrons. The maximum Gasteiger partial charge on any atom is 0.418 e. The number of halogens is 3. The first-order valence-corrected chi connectivity index (χ1v) is 5.22. The number of carboxylic acids is 1. The molecule has 0 aliphatic carbocycles. The lowest BCUT2D eigenvalue weighted by Gasteiger charge is -2.11. The van der Waals surface area contributed by atoms with Crippen LogP contribution in [0.5, 0.6) is 0 Å². The molecule has 0 bridgehead atoms. The third-order valence-electron chi connectivity index (χ3n) is 2.46. The van der Waals surface area contributed by atoms with Gasteiger partial charge in [-0.2, -0.15) is 13.2 Å². The Morgan fingerprint density at radius 3 is 2.52 bits per heavy atom. The van der Waals surface area contributed by atoms with Gasteiger partial charge in [-0.3, -0.25) is 10.1 Å². The lowest BCUT2D eigenvalue weighted by molar-refractivity contribution is -0.385. The van der Waals surface area contributed by atoms with Gasteiger partial charge < -0.3 is 5.11 Å². The van der Waals surface area contributed by atoms with Crippen molar-refractivity contribution in [3.05, 3.63) is 45.8 Å². The molecule has 0 fully saturated rings. The van der Waals surface area contributed by atoms with Crippen molar-refractivity contribution in [1.82, 2.24) is 15.0 Å². The Labute approximate surface area is 113 Å². The average Bonchev–Trinajstić information content (AvgIpc) is 2.86. The topological polar surface area (TPSA) is 111 Å². The number of aromatic nitrogens is 3. The molecule has 1 heterocycles. The monoisotopic (exact) mass is 302 g/mol. The maximum absolute atomic E-state index is 12.9. The summed E-state index contributed by atoms with van der Waals surface area (Å²) in [6.45, 7) is 0. The zero-order valence-electron chi connectivity index (χ0n) is 9.90. The average molecular weight is 302 g/mol. The number of non-ortho nitro benzene ring substituents is 1. The SMILES string of the molecule is O=C(O)c1cn(-c2ccc([N+](=O)[O-])cc2C(F)(F)F)nn1. The van der Waals surface area contributed by atoms with Crippen molar-refractivity contribution in [2.24, 2.45) is 0 Å². The summed E-state index contributed by atoms with van der Waals surface area (Å²) in [4.78, 5) is 20.2. The molecule has 0 saturated carbocycles. The summed E-state index contributed by atoms with van der Waals surface area (Å²) < 4.78 is 39.4. The predicted molar refractivity (Wildman–Crippen MR) is 60.0 cm³/mol. The smallest absolute Gasteiger partial charge is 0.418 e. The molecule has 2 aromatic rings. The van der Waals surface area contributed by atoms with E-state index in [1.165, 1.54) is 0 Å². The van der Waals surface area contributed by atoms with Gasteiger partial charge in [-0.15, -0.1) is 5.10 Å². The Balaban J connectivity index is 2.61. The second-order valence-corrected chi connectivity index (χ2v) is 3.81. The first kappa shape index (κ1) is 14.4. The van der Waals surface area contributed by atoms with Crippen LogP contribution in [0.2, 0.25) is 0 Å². The van der Waals surface area contributed by atoms with Gasteiger partial charge in [-0.1, -0.05) is 5.21 Å². The number of nitrogens with zero attached hydrogens (tertiary/aromatic N) is 4. The molecular weight excluding hydrogens is 297 g/mol. The van der Waals surface area contributed by atoms with Crippen molar-refractivity contribution >= 4 is 11.7 Å². The second kappa shape index (κ2) is 4.85. The Bertz CT molecular complexity index is 725. The van der Waals surface area contributed by atoms with Crippen LogP contribution in [0.3, 0.4) is 0 Å². The molecule has 1 N–H and O–H groups in total. The Morgan fingerprint density at radius 2 is 2.05 bits per heavy atom. The summed E-state index contributed by atoms with van der Waals surface area (Å²) in [6.07, 6.45) is -4.10. The number of carbonyl (C=O) groups is 1. The predicted octanol–water partition coefficient (Wildman–Crippen LogP) is 1.89. The molecule has 0 spiro atoms. The van der Waals surface area contributed by atoms with E-state index < -0.39 is 39.7 Å². The summed E-state index contributed by atoms with van der Waals surface area (Å²) in [7, 11) is 0. The standard InChI is InChI=1S/C10H5F3N4O4/c11-10(12,13)6-3-5(17(20)21)1-2-8(6)16-4-7(9(18)19)14-15-16/h1-4H,(H,18,19). The highest BCUT2D eigenvalue weighted by molar-refractivity contribution is 5.84. The number of alkyl halides is 3. The number of benzene rings is 1. The first-order chi connectivity index (χ1) is 9.70. The molecule has 2 rings (SSSR count). The van der Waals surface area contributed by atoms with E-state index in [1.807, 2.05) is 0 Å². The largest absolute Gasteiger partial charge is 0.476 e. The number of carboxylic acid groups (broad SMARTS) is 1. The van der Waals surface area contributed by atoms with E-state index in [-0.39, 0.29) is 0 Å². The van der Waals surface area contributed by atoms with E-state index in [1.54, 1.807) is 0 Å². The summed E-state index contributed by atoms with van der Waals surface area (Å²) in [5, 5.41) is 25.7. The second-order valence-electron chi connectivity index (χ2n) is 3.81. The minimum Gasteiger partial charge on any atom is -0.476 e. The highest BCUT2D eigenvalue weighted by atomic mass is 19.4. The van der Waals surface area contributed by atoms with Gasteiger partial charge in [0.2, 0.25) is 0 Å². The fourth-order valence-electron chi connectivity index (χ4n) is 1.54. The van der Waals surface area contributed by atoms with Gasteiger partial charge >= 0.3 is 12.1 Å². The van der Waals surface area contributed by atoms with Gasteiger partial charge in [0.1, 0.15) is 0 Å². The Kier molecular flexibility index (Phi) is 3.33. The quantitative estimate of drug-likeness (QED) is 0.684. The normalized spacial score (nSPS) is 11.4. The van der Waals surface area contributed by atoms with E-state index in [4.69, 9.17) is 5.11 Å². The molecule has 0 amide bonds. The molecule has 1 aromatic heterocycles. The highest BCUT2D eigenvalue weighted by Crippen LogP contribution is 2.35. The molecule has 8 nitrogen and oxygen atoms in total. The van der Waals surface area contributed by atoms with E-state index in [2.05, 4.69) is 10.3 Å². The lowest BCUT2D eigenvalue weighted by atomic mass is 10.1. The molecule has 0 aliphatic heterocycles. The number of nitro groups is 1. The van der Waals surface area contributed by atoms with Crippen LogP contribution in [0.1, 0.15) is 16.1 Å². The van der Waals surface area contributed by atoms with Crippen molar-refractivity contribution in [3.63, 3.8) is 0 Å². The molecular formula is C10H5F3N4O4. The summed E-state index contributed by atoms with van der Waals surface area (Å²) in [5.41, 5.74) is -3.18. The van der Waals surface area contributed by atoms with Gasteiger partial charge in [-0.05, 0) is 6.07 Å². The molecule has 0 unspecified atom stereocenters. The summed E-state index contributed by atoms with van der Waals surface area (Å²) in [5.74, 6) is -1.46. The number of hydrogen-bond donors (Lipinski definition) is 1. The van der Waals surface area contributed by atoms with Gasteiger partial charge in [0.05, 0.1) is 22.4 Å². The van der Waals surface area contributed by atoms with Gasteiger partial charge in [0.25, 0.3) is 5.69 Å². The first-order valence-electron chi connectivity index (χ1n) is 5.22. The van der Waals surface area contributed by atoms with E-state index in [0.29, 0.717) is 10.7 Å². The van der Waals surface area contributed by atoms with Crippen LogP contribution >= 0.6 is 0 Å². The molecule has 1 aromatic carbocycles. The molecule has 11 heteroatoms. The fraction of sp³-hybridized carbons (Fsp3) is 0.100. The van der Waals surface area contributed by atoms with Crippen molar-refractivity contribution < 1.29 is 28.0 Å². The molecule has 0 radical (unpaired) electrons. The number of aromatic carboxylic acids is 1. The molecule has 0 aliphatic rings. The van der Waals surface area contributed by atoms with Crippen molar-refractivity contribution in [3.8, 4) is 5.69 Å². The number of rotatable bonds is 3. The van der Waals surface area contributed by atoms with Crippen LogP contribution in [0, 0.1) is 10.1 Å².